The highest BCUT2D eigenvalue weighted by atomic mass is 16.4. The number of hydrogen-bond donors (Lipinski definition) is 1. The van der Waals surface area contributed by atoms with Crippen molar-refractivity contribution in [3.63, 3.8) is 0 Å². The number of carbonyl (C=O) groups excluding carboxylic acids is 2. The van der Waals surface area contributed by atoms with Gasteiger partial charge in [0.2, 0.25) is 11.8 Å². The maximum atomic E-state index is 12.6. The van der Waals surface area contributed by atoms with E-state index in [0.717, 1.165) is 10.5 Å². The third-order valence-electron chi connectivity index (χ3n) is 5.35. The number of rotatable bonds is 2. The number of pyridine rings is 1. The van der Waals surface area contributed by atoms with Crippen LogP contribution in [0, 0.1) is 0 Å². The van der Waals surface area contributed by atoms with Gasteiger partial charge in [0.1, 0.15) is 11.9 Å². The SMILES string of the molecule is C[C@@H]1C(=O)N(C)c2ccc(N3C(=O)CCC3c3ccccc3)nc2N1C(=O)O. The van der Waals surface area contributed by atoms with Gasteiger partial charge >= 0.3 is 6.09 Å². The largest absolute Gasteiger partial charge is 0.465 e. The second-order valence-corrected chi connectivity index (χ2v) is 6.97. The molecule has 2 aliphatic rings. The van der Waals surface area contributed by atoms with Crippen LogP contribution in [0.25, 0.3) is 0 Å². The zero-order valence-electron chi connectivity index (χ0n) is 15.6. The highest BCUT2D eigenvalue weighted by molar-refractivity contribution is 6.10. The number of fused-ring (bicyclic) bond motifs is 1. The van der Waals surface area contributed by atoms with E-state index in [0.29, 0.717) is 24.3 Å². The van der Waals surface area contributed by atoms with E-state index >= 15 is 0 Å². The molecule has 4 rings (SSSR count). The number of amides is 3. The normalized spacial score (nSPS) is 21.9. The Bertz CT molecular complexity index is 962. The molecule has 0 aliphatic carbocycles. The van der Waals surface area contributed by atoms with Gasteiger partial charge in [-0.25, -0.2) is 14.7 Å². The fraction of sp³-hybridized carbons (Fsp3) is 0.300. The molecule has 0 saturated carbocycles. The average Bonchev–Trinajstić information content (AvgIpc) is 3.08. The van der Waals surface area contributed by atoms with Crippen molar-refractivity contribution >= 4 is 35.2 Å². The van der Waals surface area contributed by atoms with Crippen molar-refractivity contribution in [2.45, 2.75) is 31.8 Å². The highest BCUT2D eigenvalue weighted by Crippen LogP contribution is 2.40. The first kappa shape index (κ1) is 18.0. The average molecular weight is 380 g/mol. The van der Waals surface area contributed by atoms with Crippen LogP contribution in [0.2, 0.25) is 0 Å². The second kappa shape index (κ2) is 6.63. The Morgan fingerprint density at radius 2 is 1.86 bits per heavy atom. The zero-order valence-corrected chi connectivity index (χ0v) is 15.6. The molecule has 3 heterocycles. The van der Waals surface area contributed by atoms with E-state index in [9.17, 15) is 19.5 Å². The molecule has 1 aromatic heterocycles. The molecule has 144 valence electrons. The number of anilines is 3. The maximum absolute atomic E-state index is 12.6. The van der Waals surface area contributed by atoms with Crippen LogP contribution in [0.4, 0.5) is 22.1 Å². The lowest BCUT2D eigenvalue weighted by Crippen LogP contribution is -2.53. The number of benzene rings is 1. The van der Waals surface area contributed by atoms with Crippen molar-refractivity contribution < 1.29 is 19.5 Å². The molecule has 2 atom stereocenters. The van der Waals surface area contributed by atoms with Crippen LogP contribution >= 0.6 is 0 Å². The third-order valence-corrected chi connectivity index (χ3v) is 5.35. The van der Waals surface area contributed by atoms with Gasteiger partial charge in [-0.1, -0.05) is 30.3 Å². The number of carboxylic acid groups (broad SMARTS) is 1. The minimum absolute atomic E-state index is 0.0588. The third kappa shape index (κ3) is 2.69. The van der Waals surface area contributed by atoms with E-state index < -0.39 is 12.1 Å². The molecule has 3 amide bonds. The first-order valence-corrected chi connectivity index (χ1v) is 9.08. The summed E-state index contributed by atoms with van der Waals surface area (Å²) in [4.78, 5) is 45.3. The molecule has 1 unspecified atom stereocenters. The van der Waals surface area contributed by atoms with E-state index in [1.807, 2.05) is 30.3 Å². The molecule has 0 bridgehead atoms. The lowest BCUT2D eigenvalue weighted by Gasteiger charge is -2.37. The van der Waals surface area contributed by atoms with Gasteiger partial charge in [0.05, 0.1) is 11.7 Å². The van der Waals surface area contributed by atoms with Gasteiger partial charge in [0.25, 0.3) is 0 Å². The number of likely N-dealkylation sites (N-methyl/N-ethyl adjacent to an activating group) is 1. The van der Waals surface area contributed by atoms with E-state index in [1.54, 1.807) is 24.1 Å². The molecule has 28 heavy (non-hydrogen) atoms. The van der Waals surface area contributed by atoms with Crippen molar-refractivity contribution in [1.82, 2.24) is 4.98 Å². The zero-order chi connectivity index (χ0) is 20.0. The predicted molar refractivity (Wildman–Crippen MR) is 104 cm³/mol. The van der Waals surface area contributed by atoms with Crippen molar-refractivity contribution in [3.05, 3.63) is 48.0 Å². The molecule has 8 heteroatoms. The van der Waals surface area contributed by atoms with E-state index in [-0.39, 0.29) is 23.7 Å². The Kier molecular flexibility index (Phi) is 4.26. The number of aromatic nitrogens is 1. The minimum atomic E-state index is -1.26. The summed E-state index contributed by atoms with van der Waals surface area (Å²) in [5.41, 5.74) is 1.40. The topological polar surface area (TPSA) is 94.1 Å². The van der Waals surface area contributed by atoms with Gasteiger partial charge in [-0.05, 0) is 31.0 Å². The van der Waals surface area contributed by atoms with Crippen LogP contribution in [0.3, 0.4) is 0 Å². The molecule has 1 fully saturated rings. The summed E-state index contributed by atoms with van der Waals surface area (Å²) in [5, 5.41) is 9.63. The summed E-state index contributed by atoms with van der Waals surface area (Å²) >= 11 is 0. The molecule has 0 spiro atoms. The molecule has 2 aliphatic heterocycles. The lowest BCUT2D eigenvalue weighted by atomic mass is 10.0. The summed E-state index contributed by atoms with van der Waals surface area (Å²) in [6, 6.07) is 12.0. The van der Waals surface area contributed by atoms with E-state index in [4.69, 9.17) is 0 Å². The predicted octanol–water partition coefficient (Wildman–Crippen LogP) is 2.80. The van der Waals surface area contributed by atoms with Gasteiger partial charge in [-0.3, -0.25) is 14.5 Å². The van der Waals surface area contributed by atoms with Crippen LogP contribution in [0.5, 0.6) is 0 Å². The fourth-order valence-corrected chi connectivity index (χ4v) is 3.92. The Hall–Kier alpha value is -3.42. The molecule has 1 saturated heterocycles. The van der Waals surface area contributed by atoms with Crippen LogP contribution in [0.1, 0.15) is 31.4 Å². The summed E-state index contributed by atoms with van der Waals surface area (Å²) < 4.78 is 0. The quantitative estimate of drug-likeness (QED) is 0.865. The van der Waals surface area contributed by atoms with Gasteiger partial charge in [0.15, 0.2) is 5.82 Å². The second-order valence-electron chi connectivity index (χ2n) is 6.97. The standard InChI is InChI=1S/C20H20N4O4/c1-12-19(26)22(2)15-8-10-16(21-18(15)23(12)20(27)28)24-14(9-11-17(24)25)13-6-4-3-5-7-13/h3-8,10,12,14H,9,11H2,1-2H3,(H,27,28)/t12-,14?/m1/s1. The highest BCUT2D eigenvalue weighted by Gasteiger charge is 2.40. The van der Waals surface area contributed by atoms with Crippen LogP contribution in [-0.2, 0) is 9.59 Å². The fourth-order valence-electron chi connectivity index (χ4n) is 3.92. The minimum Gasteiger partial charge on any atom is -0.465 e. The Balaban J connectivity index is 1.80. The lowest BCUT2D eigenvalue weighted by molar-refractivity contribution is -0.119. The number of carbonyl (C=O) groups is 3. The maximum Gasteiger partial charge on any atom is 0.413 e. The first-order valence-electron chi connectivity index (χ1n) is 9.08. The molecular weight excluding hydrogens is 360 g/mol. The van der Waals surface area contributed by atoms with Gasteiger partial charge in [0, 0.05) is 13.5 Å². The Morgan fingerprint density at radius 3 is 2.54 bits per heavy atom. The molecule has 2 aromatic rings. The van der Waals surface area contributed by atoms with Crippen LogP contribution < -0.4 is 14.7 Å². The molecule has 1 N–H and O–H groups in total. The first-order chi connectivity index (χ1) is 13.4. The van der Waals surface area contributed by atoms with E-state index in [1.165, 1.54) is 11.8 Å². The van der Waals surface area contributed by atoms with Crippen LogP contribution in [0.15, 0.2) is 42.5 Å². The summed E-state index contributed by atoms with van der Waals surface area (Å²) in [6.45, 7) is 1.53. The summed E-state index contributed by atoms with van der Waals surface area (Å²) in [5.74, 6) is 0.155. The molecule has 8 nitrogen and oxygen atoms in total. The molecular formula is C20H20N4O4. The summed E-state index contributed by atoms with van der Waals surface area (Å²) in [7, 11) is 1.59. The van der Waals surface area contributed by atoms with Gasteiger partial charge in [-0.15, -0.1) is 0 Å². The molecule has 0 radical (unpaired) electrons. The molecule has 1 aromatic carbocycles. The summed E-state index contributed by atoms with van der Waals surface area (Å²) in [6.07, 6.45) is -0.193. The monoisotopic (exact) mass is 380 g/mol. The van der Waals surface area contributed by atoms with Gasteiger partial charge < -0.3 is 10.0 Å². The Labute approximate surface area is 162 Å². The van der Waals surface area contributed by atoms with E-state index in [2.05, 4.69) is 4.98 Å². The number of nitrogens with zero attached hydrogens (tertiary/aromatic N) is 4. The number of hydrogen-bond acceptors (Lipinski definition) is 4. The van der Waals surface area contributed by atoms with Gasteiger partial charge in [-0.2, -0.15) is 0 Å². The van der Waals surface area contributed by atoms with Crippen molar-refractivity contribution in [2.75, 3.05) is 21.7 Å². The van der Waals surface area contributed by atoms with Crippen LogP contribution in [-0.4, -0.2) is 41.1 Å². The van der Waals surface area contributed by atoms with Crippen molar-refractivity contribution in [3.8, 4) is 0 Å². The smallest absolute Gasteiger partial charge is 0.413 e. The van der Waals surface area contributed by atoms with Crippen molar-refractivity contribution in [1.29, 1.82) is 0 Å². The Morgan fingerprint density at radius 1 is 1.14 bits per heavy atom. The van der Waals surface area contributed by atoms with Crippen molar-refractivity contribution in [2.24, 2.45) is 0 Å².